The molecular weight excluding hydrogens is 422 g/mol. The summed E-state index contributed by atoms with van der Waals surface area (Å²) < 4.78 is 0. The maximum atomic E-state index is 13.0. The second-order valence-corrected chi connectivity index (χ2v) is 9.94. The van der Waals surface area contributed by atoms with Crippen LogP contribution in [0.25, 0.3) is 0 Å². The summed E-state index contributed by atoms with van der Waals surface area (Å²) in [6.45, 7) is 6.63. The summed E-state index contributed by atoms with van der Waals surface area (Å²) in [6.07, 6.45) is 4.32. The van der Waals surface area contributed by atoms with Crippen LogP contribution in [0.5, 0.6) is 0 Å². The van der Waals surface area contributed by atoms with Crippen molar-refractivity contribution in [3.63, 3.8) is 0 Å². The summed E-state index contributed by atoms with van der Waals surface area (Å²) >= 11 is 0. The van der Waals surface area contributed by atoms with Gasteiger partial charge in [-0.05, 0) is 50.6 Å². The molecule has 5 aliphatic rings. The average Bonchev–Trinajstić information content (AvgIpc) is 2.99. The smallest absolute Gasteiger partial charge is 0.262 e. The molecule has 9 heteroatoms. The molecule has 5 heterocycles. The molecule has 0 bridgehead atoms. The van der Waals surface area contributed by atoms with Crippen molar-refractivity contribution < 1.29 is 19.2 Å². The number of carbonyl (C=O) groups is 4. The standard InChI is InChI=1S/C24H29N5O4/c30-21-7-6-20(22(31)25-21)29-23(32)18-5-4-15(10-19(18)24(29)33)27-13-17(14-27)28-11-16(12-28)26-8-2-1-3-9-26/h4-5,10,16-17,20H,1-3,6-9,11-14H2,(H,25,30,31). The number of piperidine rings is 2. The van der Waals surface area contributed by atoms with Crippen LogP contribution in [-0.2, 0) is 9.59 Å². The highest BCUT2D eigenvalue weighted by molar-refractivity contribution is 6.23. The minimum absolute atomic E-state index is 0.124. The monoisotopic (exact) mass is 451 g/mol. The highest BCUT2D eigenvalue weighted by Crippen LogP contribution is 2.33. The summed E-state index contributed by atoms with van der Waals surface area (Å²) in [7, 11) is 0. The molecule has 6 rings (SSSR count). The van der Waals surface area contributed by atoms with E-state index in [0.29, 0.717) is 23.2 Å². The second-order valence-electron chi connectivity index (χ2n) is 9.94. The lowest BCUT2D eigenvalue weighted by Gasteiger charge is -2.55. The van der Waals surface area contributed by atoms with E-state index in [1.165, 1.54) is 32.4 Å². The first-order valence-electron chi connectivity index (χ1n) is 12.1. The fraction of sp³-hybridized carbons (Fsp3) is 0.583. The van der Waals surface area contributed by atoms with Gasteiger partial charge in [-0.25, -0.2) is 0 Å². The number of benzene rings is 1. The summed E-state index contributed by atoms with van der Waals surface area (Å²) in [5.74, 6) is -1.85. The Morgan fingerprint density at radius 1 is 0.788 bits per heavy atom. The van der Waals surface area contributed by atoms with E-state index in [9.17, 15) is 19.2 Å². The number of fused-ring (bicyclic) bond motifs is 1. The Hall–Kier alpha value is -2.78. The fourth-order valence-corrected chi connectivity index (χ4v) is 5.85. The van der Waals surface area contributed by atoms with Crippen molar-refractivity contribution in [2.75, 3.05) is 44.2 Å². The molecule has 4 saturated heterocycles. The molecule has 5 aliphatic heterocycles. The molecule has 0 radical (unpaired) electrons. The van der Waals surface area contributed by atoms with Crippen LogP contribution in [0.15, 0.2) is 18.2 Å². The molecule has 4 amide bonds. The number of likely N-dealkylation sites (tertiary alicyclic amines) is 2. The number of rotatable bonds is 4. The molecule has 1 atom stereocenters. The molecule has 0 spiro atoms. The van der Waals surface area contributed by atoms with Gasteiger partial charge >= 0.3 is 0 Å². The van der Waals surface area contributed by atoms with E-state index >= 15 is 0 Å². The van der Waals surface area contributed by atoms with E-state index in [-0.39, 0.29) is 18.7 Å². The Morgan fingerprint density at radius 3 is 2.21 bits per heavy atom. The average molecular weight is 452 g/mol. The van der Waals surface area contributed by atoms with Crippen molar-refractivity contribution in [1.29, 1.82) is 0 Å². The maximum Gasteiger partial charge on any atom is 0.262 e. The van der Waals surface area contributed by atoms with E-state index < -0.39 is 23.8 Å². The third-order valence-corrected chi connectivity index (χ3v) is 7.96. The maximum absolute atomic E-state index is 13.0. The Kier molecular flexibility index (Phi) is 4.99. The molecule has 1 unspecified atom stereocenters. The van der Waals surface area contributed by atoms with E-state index in [1.54, 1.807) is 12.1 Å². The van der Waals surface area contributed by atoms with Crippen LogP contribution in [0.3, 0.4) is 0 Å². The van der Waals surface area contributed by atoms with Crippen LogP contribution in [0, 0.1) is 0 Å². The largest absolute Gasteiger partial charge is 0.368 e. The summed E-state index contributed by atoms with van der Waals surface area (Å²) in [6, 6.07) is 5.69. The number of imide groups is 2. The number of hydrogen-bond acceptors (Lipinski definition) is 7. The molecule has 9 nitrogen and oxygen atoms in total. The Morgan fingerprint density at radius 2 is 1.48 bits per heavy atom. The molecule has 0 saturated carbocycles. The SMILES string of the molecule is O=C1CCC(N2C(=O)c3ccc(N4CC(N5CC(N6CCCCC6)C5)C4)cc3C2=O)C(=O)N1. The molecule has 0 aromatic heterocycles. The van der Waals surface area contributed by atoms with Gasteiger partial charge in [-0.1, -0.05) is 6.42 Å². The predicted molar refractivity (Wildman–Crippen MR) is 120 cm³/mol. The lowest BCUT2D eigenvalue weighted by Crippen LogP contribution is -2.70. The van der Waals surface area contributed by atoms with Crippen LogP contribution in [-0.4, -0.2) is 95.7 Å². The van der Waals surface area contributed by atoms with Crippen LogP contribution < -0.4 is 10.2 Å². The Bertz CT molecular complexity index is 1020. The first kappa shape index (κ1) is 20.8. The van der Waals surface area contributed by atoms with Gasteiger partial charge in [0, 0.05) is 50.4 Å². The molecule has 1 aromatic carbocycles. The Balaban J connectivity index is 1.08. The first-order valence-corrected chi connectivity index (χ1v) is 12.1. The lowest BCUT2D eigenvalue weighted by atomic mass is 9.96. The summed E-state index contributed by atoms with van der Waals surface area (Å²) in [4.78, 5) is 58.0. The van der Waals surface area contributed by atoms with Crippen LogP contribution in [0.1, 0.15) is 52.8 Å². The van der Waals surface area contributed by atoms with E-state index in [2.05, 4.69) is 20.0 Å². The third kappa shape index (κ3) is 3.45. The van der Waals surface area contributed by atoms with Gasteiger partial charge in [0.25, 0.3) is 11.8 Å². The molecule has 174 valence electrons. The highest BCUT2D eigenvalue weighted by atomic mass is 16.2. The van der Waals surface area contributed by atoms with Crippen molar-refractivity contribution in [2.45, 2.75) is 50.2 Å². The van der Waals surface area contributed by atoms with Crippen molar-refractivity contribution in [1.82, 2.24) is 20.0 Å². The van der Waals surface area contributed by atoms with Crippen LogP contribution >= 0.6 is 0 Å². The number of hydrogen-bond donors (Lipinski definition) is 1. The number of nitrogens with one attached hydrogen (secondary N) is 1. The van der Waals surface area contributed by atoms with Gasteiger partial charge in [-0.15, -0.1) is 0 Å². The molecule has 33 heavy (non-hydrogen) atoms. The van der Waals surface area contributed by atoms with Crippen molar-refractivity contribution >= 4 is 29.3 Å². The van der Waals surface area contributed by atoms with Gasteiger partial charge in [0.2, 0.25) is 11.8 Å². The zero-order chi connectivity index (χ0) is 22.7. The van der Waals surface area contributed by atoms with Gasteiger partial charge < -0.3 is 4.90 Å². The van der Waals surface area contributed by atoms with Crippen LogP contribution in [0.4, 0.5) is 5.69 Å². The number of amides is 4. The van der Waals surface area contributed by atoms with Crippen molar-refractivity contribution in [3.8, 4) is 0 Å². The molecular formula is C24H29N5O4. The van der Waals surface area contributed by atoms with Crippen molar-refractivity contribution in [2.24, 2.45) is 0 Å². The molecule has 4 fully saturated rings. The van der Waals surface area contributed by atoms with E-state index in [1.807, 2.05) is 6.07 Å². The highest BCUT2D eigenvalue weighted by Gasteiger charge is 2.45. The zero-order valence-corrected chi connectivity index (χ0v) is 18.7. The van der Waals surface area contributed by atoms with Gasteiger partial charge in [0.05, 0.1) is 11.1 Å². The first-order chi connectivity index (χ1) is 16.0. The van der Waals surface area contributed by atoms with Crippen LogP contribution in [0.2, 0.25) is 0 Å². The van der Waals surface area contributed by atoms with Gasteiger partial charge in [-0.3, -0.25) is 39.2 Å². The van der Waals surface area contributed by atoms with Gasteiger partial charge in [-0.2, -0.15) is 0 Å². The number of carbonyl (C=O) groups excluding carboxylic acids is 4. The second kappa shape index (κ2) is 7.92. The molecule has 0 aliphatic carbocycles. The minimum Gasteiger partial charge on any atom is -0.368 e. The molecule has 1 aromatic rings. The summed E-state index contributed by atoms with van der Waals surface area (Å²) in [5.41, 5.74) is 1.61. The van der Waals surface area contributed by atoms with E-state index in [0.717, 1.165) is 36.8 Å². The van der Waals surface area contributed by atoms with Crippen molar-refractivity contribution in [3.05, 3.63) is 29.3 Å². The quantitative estimate of drug-likeness (QED) is 0.665. The van der Waals surface area contributed by atoms with E-state index in [4.69, 9.17) is 0 Å². The van der Waals surface area contributed by atoms with Gasteiger partial charge in [0.1, 0.15) is 6.04 Å². The topological polar surface area (TPSA) is 93.3 Å². The molecule has 1 N–H and O–H groups in total. The minimum atomic E-state index is -0.925. The number of nitrogens with zero attached hydrogens (tertiary/aromatic N) is 4. The van der Waals surface area contributed by atoms with Gasteiger partial charge in [0.15, 0.2) is 0 Å². The lowest BCUT2D eigenvalue weighted by molar-refractivity contribution is -0.136. The zero-order valence-electron chi connectivity index (χ0n) is 18.7. The normalized spacial score (nSPS) is 27.5. The third-order valence-electron chi connectivity index (χ3n) is 7.96. The number of anilines is 1. The Labute approximate surface area is 192 Å². The summed E-state index contributed by atoms with van der Waals surface area (Å²) in [5, 5.41) is 2.23. The predicted octanol–water partition coefficient (Wildman–Crippen LogP) is 0.447. The fourth-order valence-electron chi connectivity index (χ4n) is 5.85.